The van der Waals surface area contributed by atoms with Crippen LogP contribution in [0.5, 0.6) is 0 Å². The molecule has 0 radical (unpaired) electrons. The van der Waals surface area contributed by atoms with E-state index < -0.39 is 0 Å². The van der Waals surface area contributed by atoms with Crippen LogP contribution in [-0.4, -0.2) is 47.6 Å². The summed E-state index contributed by atoms with van der Waals surface area (Å²) in [6.45, 7) is 4.26. The maximum absolute atomic E-state index is 13.4. The molecule has 1 amide bonds. The van der Waals surface area contributed by atoms with E-state index in [4.69, 9.17) is 4.52 Å². The van der Waals surface area contributed by atoms with Crippen molar-refractivity contribution in [1.82, 2.24) is 20.4 Å². The highest BCUT2D eigenvalue weighted by atomic mass is 35.5. The Morgan fingerprint density at radius 2 is 2.26 bits per heavy atom. The number of aryl methyl sites for hydroxylation is 2. The van der Waals surface area contributed by atoms with Crippen LogP contribution in [0, 0.1) is 18.7 Å². The molecule has 1 fully saturated rings. The minimum atomic E-state index is -0.263. The molecule has 1 saturated heterocycles. The molecule has 148 valence electrons. The molecule has 1 unspecified atom stereocenters. The lowest BCUT2D eigenvalue weighted by molar-refractivity contribution is -0.133. The molecule has 8 heteroatoms. The number of benzene rings is 1. The lowest BCUT2D eigenvalue weighted by Crippen LogP contribution is -2.42. The molecule has 1 aromatic carbocycles. The van der Waals surface area contributed by atoms with Gasteiger partial charge < -0.3 is 14.7 Å². The summed E-state index contributed by atoms with van der Waals surface area (Å²) in [6.07, 6.45) is 2.98. The van der Waals surface area contributed by atoms with Crippen molar-refractivity contribution in [1.29, 1.82) is 0 Å². The lowest BCUT2D eigenvalue weighted by atomic mass is 9.97. The molecule has 3 rings (SSSR count). The Balaban J connectivity index is 0.00000261. The molecular formula is C19H26ClFN4O2. The molecule has 0 bridgehead atoms. The molecule has 0 saturated carbocycles. The van der Waals surface area contributed by atoms with E-state index in [1.807, 2.05) is 11.9 Å². The Kier molecular flexibility index (Phi) is 7.74. The first-order chi connectivity index (χ1) is 12.6. The minimum Gasteiger partial charge on any atom is -0.342 e. The zero-order valence-electron chi connectivity index (χ0n) is 15.7. The number of halogens is 2. The number of nitrogens with zero attached hydrogens (tertiary/aromatic N) is 3. The average Bonchev–Trinajstić information content (AvgIpc) is 3.11. The second kappa shape index (κ2) is 9.80. The van der Waals surface area contributed by atoms with Crippen molar-refractivity contribution in [2.75, 3.05) is 26.7 Å². The Bertz CT molecular complexity index is 766. The van der Waals surface area contributed by atoms with E-state index in [0.29, 0.717) is 41.6 Å². The third kappa shape index (κ3) is 5.49. The maximum Gasteiger partial charge on any atom is 0.227 e. The molecule has 1 N–H and O–H groups in total. The summed E-state index contributed by atoms with van der Waals surface area (Å²) >= 11 is 0. The van der Waals surface area contributed by atoms with Gasteiger partial charge in [-0.3, -0.25) is 4.79 Å². The van der Waals surface area contributed by atoms with Gasteiger partial charge in [0.1, 0.15) is 5.82 Å². The van der Waals surface area contributed by atoms with Gasteiger partial charge in [-0.2, -0.15) is 4.98 Å². The van der Waals surface area contributed by atoms with Gasteiger partial charge in [-0.1, -0.05) is 5.16 Å². The smallest absolute Gasteiger partial charge is 0.227 e. The fraction of sp³-hybridized carbons (Fsp3) is 0.526. The van der Waals surface area contributed by atoms with Crippen LogP contribution in [0.15, 0.2) is 22.7 Å². The molecule has 0 spiro atoms. The standard InChI is InChI=1S/C19H25FN4O2.ClH/c1-13-10-15(5-6-16(13)20)19-22-17(26-23-19)7-8-18(25)24-9-3-4-14(12-24)11-21-2;/h5-6,10,14,21H,3-4,7-9,11-12H2,1-2H3;1H. The molecule has 1 aromatic heterocycles. The van der Waals surface area contributed by atoms with Crippen LogP contribution in [0.2, 0.25) is 0 Å². The summed E-state index contributed by atoms with van der Waals surface area (Å²) < 4.78 is 18.6. The van der Waals surface area contributed by atoms with Gasteiger partial charge in [-0.05, 0) is 63.0 Å². The number of likely N-dealkylation sites (tertiary alicyclic amines) is 1. The predicted molar refractivity (Wildman–Crippen MR) is 103 cm³/mol. The summed E-state index contributed by atoms with van der Waals surface area (Å²) in [5.41, 5.74) is 1.24. The van der Waals surface area contributed by atoms with Crippen LogP contribution in [-0.2, 0) is 11.2 Å². The number of amides is 1. The van der Waals surface area contributed by atoms with Gasteiger partial charge in [0.15, 0.2) is 0 Å². The van der Waals surface area contributed by atoms with Gasteiger partial charge in [0.2, 0.25) is 17.6 Å². The Hall–Kier alpha value is -1.99. The Morgan fingerprint density at radius 3 is 3.00 bits per heavy atom. The molecule has 6 nitrogen and oxygen atoms in total. The van der Waals surface area contributed by atoms with Gasteiger partial charge >= 0.3 is 0 Å². The third-order valence-electron chi connectivity index (χ3n) is 4.80. The van der Waals surface area contributed by atoms with Crippen molar-refractivity contribution >= 4 is 18.3 Å². The van der Waals surface area contributed by atoms with E-state index in [1.54, 1.807) is 19.1 Å². The Labute approximate surface area is 164 Å². The van der Waals surface area contributed by atoms with Crippen molar-refractivity contribution in [2.24, 2.45) is 5.92 Å². The number of hydrogen-bond acceptors (Lipinski definition) is 5. The van der Waals surface area contributed by atoms with E-state index in [-0.39, 0.29) is 24.1 Å². The van der Waals surface area contributed by atoms with Crippen molar-refractivity contribution in [2.45, 2.75) is 32.6 Å². The number of rotatable bonds is 6. The lowest BCUT2D eigenvalue weighted by Gasteiger charge is -2.32. The highest BCUT2D eigenvalue weighted by Crippen LogP contribution is 2.20. The van der Waals surface area contributed by atoms with Crippen LogP contribution >= 0.6 is 12.4 Å². The first kappa shape index (κ1) is 21.3. The summed E-state index contributed by atoms with van der Waals surface area (Å²) in [6, 6.07) is 4.70. The van der Waals surface area contributed by atoms with Crippen molar-refractivity contribution in [3.63, 3.8) is 0 Å². The first-order valence-electron chi connectivity index (χ1n) is 9.08. The van der Waals surface area contributed by atoms with Crippen LogP contribution in [0.25, 0.3) is 11.4 Å². The number of hydrogen-bond donors (Lipinski definition) is 1. The van der Waals surface area contributed by atoms with Crippen molar-refractivity contribution in [3.8, 4) is 11.4 Å². The topological polar surface area (TPSA) is 71.3 Å². The van der Waals surface area contributed by atoms with E-state index in [9.17, 15) is 9.18 Å². The van der Waals surface area contributed by atoms with E-state index >= 15 is 0 Å². The third-order valence-corrected chi connectivity index (χ3v) is 4.80. The van der Waals surface area contributed by atoms with Gasteiger partial charge in [-0.25, -0.2) is 4.39 Å². The van der Waals surface area contributed by atoms with Crippen molar-refractivity contribution < 1.29 is 13.7 Å². The zero-order valence-corrected chi connectivity index (χ0v) is 16.5. The van der Waals surface area contributed by atoms with E-state index in [0.717, 1.165) is 32.5 Å². The largest absolute Gasteiger partial charge is 0.342 e. The Morgan fingerprint density at radius 1 is 1.44 bits per heavy atom. The normalized spacial score (nSPS) is 16.9. The second-order valence-corrected chi connectivity index (χ2v) is 6.88. The quantitative estimate of drug-likeness (QED) is 0.812. The second-order valence-electron chi connectivity index (χ2n) is 6.88. The van der Waals surface area contributed by atoms with Crippen LogP contribution < -0.4 is 5.32 Å². The molecule has 1 aliphatic rings. The number of carbonyl (C=O) groups excluding carboxylic acids is 1. The van der Waals surface area contributed by atoms with E-state index in [1.165, 1.54) is 6.07 Å². The highest BCUT2D eigenvalue weighted by molar-refractivity contribution is 5.85. The first-order valence-corrected chi connectivity index (χ1v) is 9.08. The summed E-state index contributed by atoms with van der Waals surface area (Å²) in [7, 11) is 1.94. The van der Waals surface area contributed by atoms with Gasteiger partial charge in [0, 0.05) is 31.5 Å². The zero-order chi connectivity index (χ0) is 18.5. The van der Waals surface area contributed by atoms with Crippen LogP contribution in [0.1, 0.15) is 30.7 Å². The SMILES string of the molecule is CNCC1CCCN(C(=O)CCc2nc(-c3ccc(F)c(C)c3)no2)C1.Cl. The fourth-order valence-electron chi connectivity index (χ4n) is 3.38. The minimum absolute atomic E-state index is 0. The summed E-state index contributed by atoms with van der Waals surface area (Å²) in [5.74, 6) is 1.24. The molecule has 1 aliphatic heterocycles. The summed E-state index contributed by atoms with van der Waals surface area (Å²) in [5, 5.41) is 7.13. The molecule has 2 aromatic rings. The van der Waals surface area contributed by atoms with Crippen LogP contribution in [0.4, 0.5) is 4.39 Å². The van der Waals surface area contributed by atoms with Crippen LogP contribution in [0.3, 0.4) is 0 Å². The number of piperidine rings is 1. The number of nitrogens with one attached hydrogen (secondary N) is 1. The van der Waals surface area contributed by atoms with Gasteiger partial charge in [-0.15, -0.1) is 12.4 Å². The molecular weight excluding hydrogens is 371 g/mol. The maximum atomic E-state index is 13.4. The average molecular weight is 397 g/mol. The predicted octanol–water partition coefficient (Wildman–Crippen LogP) is 3.00. The number of aromatic nitrogens is 2. The van der Waals surface area contributed by atoms with E-state index in [2.05, 4.69) is 15.5 Å². The molecule has 27 heavy (non-hydrogen) atoms. The molecule has 2 heterocycles. The highest BCUT2D eigenvalue weighted by Gasteiger charge is 2.23. The number of carbonyl (C=O) groups is 1. The van der Waals surface area contributed by atoms with Crippen molar-refractivity contribution in [3.05, 3.63) is 35.5 Å². The van der Waals surface area contributed by atoms with Gasteiger partial charge in [0.25, 0.3) is 0 Å². The molecule has 1 atom stereocenters. The molecule has 0 aliphatic carbocycles. The monoisotopic (exact) mass is 396 g/mol. The summed E-state index contributed by atoms with van der Waals surface area (Å²) in [4.78, 5) is 18.7. The fourth-order valence-corrected chi connectivity index (χ4v) is 3.38. The van der Waals surface area contributed by atoms with Gasteiger partial charge in [0.05, 0.1) is 0 Å².